The van der Waals surface area contributed by atoms with Gasteiger partial charge in [-0.1, -0.05) is 19.1 Å². The first kappa shape index (κ1) is 14.7. The summed E-state index contributed by atoms with van der Waals surface area (Å²) in [6.07, 6.45) is 4.63. The lowest BCUT2D eigenvalue weighted by molar-refractivity contribution is 0.855. The van der Waals surface area contributed by atoms with E-state index >= 15 is 0 Å². The summed E-state index contributed by atoms with van der Waals surface area (Å²) in [5, 5.41) is 4.35. The molecule has 0 radical (unpaired) electrons. The van der Waals surface area contributed by atoms with E-state index in [0.29, 0.717) is 0 Å². The van der Waals surface area contributed by atoms with Gasteiger partial charge in [0.15, 0.2) is 5.82 Å². The molecule has 0 saturated carbocycles. The van der Waals surface area contributed by atoms with E-state index in [-0.39, 0.29) is 0 Å². The zero-order valence-corrected chi connectivity index (χ0v) is 13.5. The minimum Gasteiger partial charge on any atom is -0.310 e. The first-order valence-electron chi connectivity index (χ1n) is 7.25. The molecule has 0 aliphatic heterocycles. The van der Waals surface area contributed by atoms with Gasteiger partial charge in [-0.05, 0) is 60.7 Å². The summed E-state index contributed by atoms with van der Waals surface area (Å²) >= 11 is 1.57. The lowest BCUT2D eigenvalue weighted by Crippen LogP contribution is -2.03. The molecular weight excluding hydrogens is 292 g/mol. The molecule has 0 atom stereocenters. The van der Waals surface area contributed by atoms with Crippen molar-refractivity contribution in [3.63, 3.8) is 0 Å². The molecule has 3 aromatic rings. The number of hydrogen-bond donors (Lipinski definition) is 1. The quantitative estimate of drug-likeness (QED) is 0.715. The predicted molar refractivity (Wildman–Crippen MR) is 91.4 cm³/mol. The van der Waals surface area contributed by atoms with Crippen molar-refractivity contribution >= 4 is 17.8 Å². The van der Waals surface area contributed by atoms with Crippen molar-refractivity contribution in [1.29, 1.82) is 0 Å². The van der Waals surface area contributed by atoms with Crippen LogP contribution in [-0.4, -0.2) is 14.8 Å². The van der Waals surface area contributed by atoms with Crippen LogP contribution in [-0.2, 0) is 6.42 Å². The highest BCUT2D eigenvalue weighted by atomic mass is 32.2. The smallest absolute Gasteiger partial charge is 0.155 e. The summed E-state index contributed by atoms with van der Waals surface area (Å²) in [6, 6.07) is 14.5. The van der Waals surface area contributed by atoms with Gasteiger partial charge in [-0.3, -0.25) is 0 Å². The van der Waals surface area contributed by atoms with Crippen molar-refractivity contribution in [2.45, 2.75) is 25.2 Å². The van der Waals surface area contributed by atoms with Gasteiger partial charge in [0, 0.05) is 17.2 Å². The van der Waals surface area contributed by atoms with E-state index in [1.54, 1.807) is 29.0 Å². The van der Waals surface area contributed by atoms with E-state index in [1.165, 1.54) is 10.5 Å². The number of anilines is 1. The second-order valence-electron chi connectivity index (χ2n) is 5.02. The van der Waals surface area contributed by atoms with E-state index in [2.05, 4.69) is 46.0 Å². The summed E-state index contributed by atoms with van der Waals surface area (Å²) in [6.45, 7) is 4.21. The molecule has 0 fully saturated rings. The molecule has 2 heterocycles. The highest BCUT2D eigenvalue weighted by Gasteiger charge is 2.06. The number of rotatable bonds is 5. The molecular formula is C17H18N4S. The van der Waals surface area contributed by atoms with Crippen molar-refractivity contribution in [3.8, 4) is 5.82 Å². The Hall–Kier alpha value is -2.27. The molecule has 0 aliphatic rings. The lowest BCUT2D eigenvalue weighted by Gasteiger charge is -2.09. The third-order valence-corrected chi connectivity index (χ3v) is 4.18. The molecule has 112 valence electrons. The fraction of sp³-hybridized carbons (Fsp3) is 0.176. The first-order chi connectivity index (χ1) is 10.8. The van der Waals surface area contributed by atoms with Crippen LogP contribution in [0.25, 0.3) is 5.82 Å². The third kappa shape index (κ3) is 3.31. The number of aryl methyl sites for hydroxylation is 2. The van der Waals surface area contributed by atoms with Crippen molar-refractivity contribution in [2.75, 3.05) is 4.72 Å². The van der Waals surface area contributed by atoms with Crippen LogP contribution in [0.3, 0.4) is 0 Å². The highest BCUT2D eigenvalue weighted by Crippen LogP contribution is 2.23. The maximum Gasteiger partial charge on any atom is 0.155 e. The van der Waals surface area contributed by atoms with Crippen LogP contribution in [0, 0.1) is 6.92 Å². The van der Waals surface area contributed by atoms with E-state index < -0.39 is 0 Å². The maximum absolute atomic E-state index is 4.37. The van der Waals surface area contributed by atoms with Gasteiger partial charge in [-0.15, -0.1) is 0 Å². The zero-order chi connectivity index (χ0) is 15.4. The van der Waals surface area contributed by atoms with Gasteiger partial charge >= 0.3 is 0 Å². The Labute approximate surface area is 134 Å². The van der Waals surface area contributed by atoms with Gasteiger partial charge in [-0.25, -0.2) is 4.98 Å². The number of nitrogens with one attached hydrogen (secondary N) is 1. The summed E-state index contributed by atoms with van der Waals surface area (Å²) < 4.78 is 5.15. The van der Waals surface area contributed by atoms with Gasteiger partial charge in [0.05, 0.1) is 6.20 Å². The van der Waals surface area contributed by atoms with Crippen LogP contribution >= 0.6 is 11.9 Å². The topological polar surface area (TPSA) is 42.7 Å². The average Bonchev–Trinajstić information content (AvgIpc) is 3.02. The summed E-state index contributed by atoms with van der Waals surface area (Å²) in [5.74, 6) is 1.72. The second-order valence-corrected chi connectivity index (χ2v) is 5.90. The van der Waals surface area contributed by atoms with Crippen LogP contribution in [0.5, 0.6) is 0 Å². The normalized spacial score (nSPS) is 10.6. The number of pyridine rings is 1. The molecule has 4 nitrogen and oxygen atoms in total. The van der Waals surface area contributed by atoms with Gasteiger partial charge in [0.25, 0.3) is 0 Å². The van der Waals surface area contributed by atoms with Gasteiger partial charge in [0.2, 0.25) is 0 Å². The van der Waals surface area contributed by atoms with E-state index in [1.807, 2.05) is 25.1 Å². The Balaban J connectivity index is 1.75. The molecule has 0 aliphatic carbocycles. The fourth-order valence-electron chi connectivity index (χ4n) is 2.10. The van der Waals surface area contributed by atoms with E-state index in [0.717, 1.165) is 23.6 Å². The van der Waals surface area contributed by atoms with Crippen LogP contribution in [0.15, 0.2) is 59.8 Å². The Bertz CT molecular complexity index is 749. The molecule has 1 N–H and O–H groups in total. The Kier molecular flexibility index (Phi) is 4.44. The first-order valence-corrected chi connectivity index (χ1v) is 8.07. The molecule has 3 rings (SSSR count). The average molecular weight is 310 g/mol. The third-order valence-electron chi connectivity index (χ3n) is 3.37. The molecule has 0 bridgehead atoms. The Morgan fingerprint density at radius 3 is 2.64 bits per heavy atom. The van der Waals surface area contributed by atoms with Gasteiger partial charge in [0.1, 0.15) is 5.82 Å². The number of nitrogens with zero attached hydrogens (tertiary/aromatic N) is 3. The fourth-order valence-corrected chi connectivity index (χ4v) is 2.75. The largest absolute Gasteiger partial charge is 0.310 e. The molecule has 5 heteroatoms. The van der Waals surface area contributed by atoms with E-state index in [9.17, 15) is 0 Å². The van der Waals surface area contributed by atoms with Crippen molar-refractivity contribution in [2.24, 2.45) is 0 Å². The summed E-state index contributed by atoms with van der Waals surface area (Å²) in [7, 11) is 0. The number of hydrogen-bond acceptors (Lipinski definition) is 4. The minimum atomic E-state index is 0.814. The van der Waals surface area contributed by atoms with E-state index in [4.69, 9.17) is 0 Å². The van der Waals surface area contributed by atoms with Crippen molar-refractivity contribution < 1.29 is 0 Å². The van der Waals surface area contributed by atoms with Crippen LogP contribution < -0.4 is 4.72 Å². The van der Waals surface area contributed by atoms with Crippen LogP contribution in [0.4, 0.5) is 5.82 Å². The Morgan fingerprint density at radius 1 is 1.09 bits per heavy atom. The number of aromatic nitrogens is 3. The molecule has 22 heavy (non-hydrogen) atoms. The van der Waals surface area contributed by atoms with Gasteiger partial charge < -0.3 is 4.72 Å². The molecule has 0 spiro atoms. The van der Waals surface area contributed by atoms with Crippen LogP contribution in [0.2, 0.25) is 0 Å². The summed E-state index contributed by atoms with van der Waals surface area (Å²) in [4.78, 5) is 5.54. The van der Waals surface area contributed by atoms with Gasteiger partial charge in [-0.2, -0.15) is 9.78 Å². The Morgan fingerprint density at radius 2 is 1.91 bits per heavy atom. The zero-order valence-electron chi connectivity index (χ0n) is 12.7. The lowest BCUT2D eigenvalue weighted by atomic mass is 10.2. The molecule has 2 aromatic heterocycles. The number of benzene rings is 1. The highest BCUT2D eigenvalue weighted by molar-refractivity contribution is 8.00. The SMILES string of the molecule is CCc1ccc(SNc2ccnn2-c2cc(C)ccn2)cc1. The molecule has 0 unspecified atom stereocenters. The molecule has 1 aromatic carbocycles. The van der Waals surface area contributed by atoms with Crippen molar-refractivity contribution in [1.82, 2.24) is 14.8 Å². The molecule has 0 amide bonds. The predicted octanol–water partition coefficient (Wildman–Crippen LogP) is 4.26. The van der Waals surface area contributed by atoms with Crippen molar-refractivity contribution in [3.05, 3.63) is 66.0 Å². The standard InChI is InChI=1S/C17H18N4S/c1-3-14-4-6-15(7-5-14)22-20-16-9-11-19-21(16)17-12-13(2)8-10-18-17/h4-12,20H,3H2,1-2H3. The maximum atomic E-state index is 4.37. The monoisotopic (exact) mass is 310 g/mol. The molecule has 0 saturated heterocycles. The minimum absolute atomic E-state index is 0.814. The second kappa shape index (κ2) is 6.66. The summed E-state index contributed by atoms with van der Waals surface area (Å²) in [5.41, 5.74) is 2.51. The van der Waals surface area contributed by atoms with Crippen LogP contribution in [0.1, 0.15) is 18.1 Å².